The minimum absolute atomic E-state index is 0.322. The Bertz CT molecular complexity index is 578. The largest absolute Gasteiger partial charge is 0.309 e. The molecular weight excluding hydrogens is 268 g/mol. The second-order valence-corrected chi connectivity index (χ2v) is 4.77. The van der Waals surface area contributed by atoms with Crippen LogP contribution in [0.1, 0.15) is 22.7 Å². The van der Waals surface area contributed by atoms with Crippen molar-refractivity contribution in [1.82, 2.24) is 5.32 Å². The minimum Gasteiger partial charge on any atom is -0.309 e. The Balaban J connectivity index is 2.59. The van der Waals surface area contributed by atoms with Crippen molar-refractivity contribution in [3.8, 4) is 0 Å². The molecule has 4 heteroatoms. The fourth-order valence-electron chi connectivity index (χ4n) is 2.16. The van der Waals surface area contributed by atoms with Crippen molar-refractivity contribution in [2.24, 2.45) is 0 Å². The zero-order valence-corrected chi connectivity index (χ0v) is 11.4. The summed E-state index contributed by atoms with van der Waals surface area (Å²) < 4.78 is 27.4. The van der Waals surface area contributed by atoms with E-state index >= 15 is 0 Å². The zero-order chi connectivity index (χ0) is 14.0. The summed E-state index contributed by atoms with van der Waals surface area (Å²) in [6.45, 7) is 1.86. The second-order valence-electron chi connectivity index (χ2n) is 4.36. The molecule has 0 fully saturated rings. The van der Waals surface area contributed by atoms with E-state index in [-0.39, 0.29) is 5.82 Å². The molecule has 0 spiro atoms. The van der Waals surface area contributed by atoms with E-state index in [0.29, 0.717) is 16.1 Å². The van der Waals surface area contributed by atoms with E-state index in [1.165, 1.54) is 18.2 Å². The number of hydrogen-bond acceptors (Lipinski definition) is 1. The van der Waals surface area contributed by atoms with Gasteiger partial charge in [0.1, 0.15) is 11.6 Å². The van der Waals surface area contributed by atoms with Crippen LogP contribution in [0.5, 0.6) is 0 Å². The molecule has 19 heavy (non-hydrogen) atoms. The highest BCUT2D eigenvalue weighted by molar-refractivity contribution is 6.31. The van der Waals surface area contributed by atoms with Gasteiger partial charge in [-0.1, -0.05) is 23.7 Å². The first-order valence-electron chi connectivity index (χ1n) is 5.92. The van der Waals surface area contributed by atoms with Crippen LogP contribution < -0.4 is 5.32 Å². The van der Waals surface area contributed by atoms with Gasteiger partial charge < -0.3 is 5.32 Å². The van der Waals surface area contributed by atoms with E-state index in [2.05, 4.69) is 5.32 Å². The number of nitrogens with one attached hydrogen (secondary N) is 1. The summed E-state index contributed by atoms with van der Waals surface area (Å²) in [5.74, 6) is -0.760. The fraction of sp³-hybridized carbons (Fsp3) is 0.200. The average Bonchev–Trinajstić information content (AvgIpc) is 2.37. The third kappa shape index (κ3) is 2.77. The van der Waals surface area contributed by atoms with Crippen LogP contribution in [0.2, 0.25) is 5.02 Å². The average molecular weight is 282 g/mol. The summed E-state index contributed by atoms with van der Waals surface area (Å²) in [6.07, 6.45) is 0. The van der Waals surface area contributed by atoms with Gasteiger partial charge >= 0.3 is 0 Å². The van der Waals surface area contributed by atoms with Gasteiger partial charge in [0.25, 0.3) is 0 Å². The highest BCUT2D eigenvalue weighted by atomic mass is 35.5. The van der Waals surface area contributed by atoms with Gasteiger partial charge in [0, 0.05) is 10.6 Å². The lowest BCUT2D eigenvalue weighted by molar-refractivity contribution is 0.570. The summed E-state index contributed by atoms with van der Waals surface area (Å²) in [4.78, 5) is 0. The molecule has 0 amide bonds. The first kappa shape index (κ1) is 14.0. The fourth-order valence-corrected chi connectivity index (χ4v) is 2.44. The monoisotopic (exact) mass is 281 g/mol. The molecule has 0 saturated heterocycles. The molecular formula is C15H14ClF2N. The molecule has 2 rings (SSSR count). The van der Waals surface area contributed by atoms with Crippen LogP contribution >= 0.6 is 11.6 Å². The van der Waals surface area contributed by atoms with Crippen LogP contribution in [0, 0.1) is 18.6 Å². The van der Waals surface area contributed by atoms with Gasteiger partial charge in [-0.25, -0.2) is 8.78 Å². The maximum Gasteiger partial charge on any atom is 0.129 e. The van der Waals surface area contributed by atoms with Crippen molar-refractivity contribution in [3.63, 3.8) is 0 Å². The maximum atomic E-state index is 14.0. The molecule has 0 aromatic heterocycles. The first-order valence-corrected chi connectivity index (χ1v) is 6.29. The van der Waals surface area contributed by atoms with Crippen molar-refractivity contribution in [2.75, 3.05) is 7.05 Å². The third-order valence-electron chi connectivity index (χ3n) is 3.13. The van der Waals surface area contributed by atoms with Crippen LogP contribution in [-0.2, 0) is 0 Å². The van der Waals surface area contributed by atoms with Gasteiger partial charge in [-0.15, -0.1) is 0 Å². The first-order chi connectivity index (χ1) is 9.04. The van der Waals surface area contributed by atoms with Gasteiger partial charge in [-0.3, -0.25) is 0 Å². The molecule has 2 aromatic rings. The maximum absolute atomic E-state index is 14.0. The van der Waals surface area contributed by atoms with E-state index in [1.807, 2.05) is 6.92 Å². The summed E-state index contributed by atoms with van der Waals surface area (Å²) in [5, 5.41) is 3.32. The molecule has 100 valence electrons. The molecule has 1 N–H and O–H groups in total. The van der Waals surface area contributed by atoms with Crippen LogP contribution in [-0.4, -0.2) is 7.05 Å². The quantitative estimate of drug-likeness (QED) is 0.887. The number of hydrogen-bond donors (Lipinski definition) is 1. The van der Waals surface area contributed by atoms with Crippen molar-refractivity contribution in [1.29, 1.82) is 0 Å². The van der Waals surface area contributed by atoms with Crippen molar-refractivity contribution in [3.05, 3.63) is 69.7 Å². The molecule has 2 aromatic carbocycles. The molecule has 1 atom stereocenters. The second kappa shape index (κ2) is 5.68. The number of rotatable bonds is 3. The van der Waals surface area contributed by atoms with E-state index in [4.69, 9.17) is 11.6 Å². The lowest BCUT2D eigenvalue weighted by Crippen LogP contribution is -2.20. The van der Waals surface area contributed by atoms with Crippen LogP contribution in [0.3, 0.4) is 0 Å². The number of aryl methyl sites for hydroxylation is 1. The van der Waals surface area contributed by atoms with Crippen molar-refractivity contribution >= 4 is 11.6 Å². The van der Waals surface area contributed by atoms with Crippen molar-refractivity contribution < 1.29 is 8.78 Å². The van der Waals surface area contributed by atoms with E-state index in [1.54, 1.807) is 25.2 Å². The standard InChI is InChI=1S/C15H14ClF2N/c1-9-6-7-10(17)8-11(9)15(19-2)14-12(16)4-3-5-13(14)18/h3-8,15,19H,1-2H3. The highest BCUT2D eigenvalue weighted by Gasteiger charge is 2.21. The predicted molar refractivity (Wildman–Crippen MR) is 73.4 cm³/mol. The third-order valence-corrected chi connectivity index (χ3v) is 3.46. The molecule has 0 aliphatic heterocycles. The van der Waals surface area contributed by atoms with Gasteiger partial charge in [0.15, 0.2) is 0 Å². The summed E-state index contributed by atoms with van der Waals surface area (Å²) in [6, 6.07) is 8.49. The normalized spacial score (nSPS) is 12.5. The van der Waals surface area contributed by atoms with E-state index in [9.17, 15) is 8.78 Å². The van der Waals surface area contributed by atoms with Gasteiger partial charge in [0.2, 0.25) is 0 Å². The highest BCUT2D eigenvalue weighted by Crippen LogP contribution is 2.32. The van der Waals surface area contributed by atoms with Crippen LogP contribution in [0.15, 0.2) is 36.4 Å². The molecule has 0 bridgehead atoms. The molecule has 0 aliphatic carbocycles. The number of benzene rings is 2. The molecule has 0 aliphatic rings. The Kier molecular flexibility index (Phi) is 4.17. The van der Waals surface area contributed by atoms with Gasteiger partial charge in [0.05, 0.1) is 6.04 Å². The molecule has 0 radical (unpaired) electrons. The lowest BCUT2D eigenvalue weighted by Gasteiger charge is -2.21. The van der Waals surface area contributed by atoms with Gasteiger partial charge in [-0.05, 0) is 49.4 Å². The summed E-state index contributed by atoms with van der Waals surface area (Å²) >= 11 is 6.07. The molecule has 0 saturated carbocycles. The Labute approximate surface area is 116 Å². The smallest absolute Gasteiger partial charge is 0.129 e. The molecule has 0 heterocycles. The predicted octanol–water partition coefficient (Wildman–Crippen LogP) is 4.24. The Morgan fingerprint density at radius 3 is 2.53 bits per heavy atom. The van der Waals surface area contributed by atoms with Gasteiger partial charge in [-0.2, -0.15) is 0 Å². The zero-order valence-electron chi connectivity index (χ0n) is 10.7. The van der Waals surface area contributed by atoms with Crippen LogP contribution in [0.25, 0.3) is 0 Å². The Morgan fingerprint density at radius 1 is 1.16 bits per heavy atom. The topological polar surface area (TPSA) is 12.0 Å². The Hall–Kier alpha value is -1.45. The number of halogens is 3. The Morgan fingerprint density at radius 2 is 1.89 bits per heavy atom. The van der Waals surface area contributed by atoms with Crippen LogP contribution in [0.4, 0.5) is 8.78 Å². The van der Waals surface area contributed by atoms with E-state index in [0.717, 1.165) is 5.56 Å². The SMILES string of the molecule is CNC(c1cc(F)ccc1C)c1c(F)cccc1Cl. The summed E-state index contributed by atoms with van der Waals surface area (Å²) in [7, 11) is 1.69. The van der Waals surface area contributed by atoms with Crippen molar-refractivity contribution in [2.45, 2.75) is 13.0 Å². The van der Waals surface area contributed by atoms with E-state index < -0.39 is 11.9 Å². The molecule has 1 nitrogen and oxygen atoms in total. The lowest BCUT2D eigenvalue weighted by atomic mass is 9.94. The minimum atomic E-state index is -0.482. The summed E-state index contributed by atoms with van der Waals surface area (Å²) in [5.41, 5.74) is 1.88. The molecule has 1 unspecified atom stereocenters.